The quantitative estimate of drug-likeness (QED) is 0.298. The van der Waals surface area contributed by atoms with Gasteiger partial charge in [0.1, 0.15) is 12.4 Å². The second-order valence-corrected chi connectivity index (χ2v) is 9.50. The molecule has 2 N–H and O–H groups in total. The third kappa shape index (κ3) is 6.32. The van der Waals surface area contributed by atoms with Crippen LogP contribution in [-0.4, -0.2) is 66.3 Å². The average Bonchev–Trinajstić information content (AvgIpc) is 3.46. The molecular formula is C27H30ClFN4O5. The fourth-order valence-electron chi connectivity index (χ4n) is 4.60. The van der Waals surface area contributed by atoms with E-state index in [0.29, 0.717) is 31.7 Å². The first-order valence-electron chi connectivity index (χ1n) is 12.3. The van der Waals surface area contributed by atoms with E-state index in [0.717, 1.165) is 10.9 Å². The van der Waals surface area contributed by atoms with Gasteiger partial charge in [0, 0.05) is 67.4 Å². The number of likely N-dealkylation sites (tertiary alicyclic amines) is 1. The number of ether oxygens (including phenoxy) is 2. The number of alkyl carbamates (subject to hydrolysis) is 1. The summed E-state index contributed by atoms with van der Waals surface area (Å²) in [5.41, 5.74) is 1.52. The van der Waals surface area contributed by atoms with Crippen LogP contribution >= 0.6 is 11.6 Å². The summed E-state index contributed by atoms with van der Waals surface area (Å²) in [6, 6.07) is 11.8. The monoisotopic (exact) mass is 544 g/mol. The molecule has 202 valence electrons. The van der Waals surface area contributed by atoms with Gasteiger partial charge in [0.2, 0.25) is 5.91 Å². The molecule has 2 atom stereocenters. The number of fused-ring (bicyclic) bond motifs is 1. The van der Waals surface area contributed by atoms with Crippen molar-refractivity contribution in [3.8, 4) is 0 Å². The van der Waals surface area contributed by atoms with Gasteiger partial charge in [0.15, 0.2) is 12.0 Å². The molecule has 0 aliphatic carbocycles. The predicted octanol–water partition coefficient (Wildman–Crippen LogP) is 3.73. The fraction of sp³-hybridized carbons (Fsp3) is 0.370. The normalized spacial score (nSPS) is 17.1. The van der Waals surface area contributed by atoms with Crippen LogP contribution in [0.2, 0.25) is 5.02 Å². The number of Topliss-reactive ketones (excluding diaryl/α,β-unsaturated/α-hetero) is 1. The van der Waals surface area contributed by atoms with Crippen LogP contribution in [0.4, 0.5) is 9.18 Å². The van der Waals surface area contributed by atoms with Crippen molar-refractivity contribution in [3.05, 3.63) is 70.6 Å². The maximum atomic E-state index is 14.2. The Hall–Kier alpha value is -3.47. The van der Waals surface area contributed by atoms with E-state index in [9.17, 15) is 18.8 Å². The van der Waals surface area contributed by atoms with Crippen molar-refractivity contribution < 1.29 is 28.2 Å². The minimum atomic E-state index is -0.833. The molecule has 1 aliphatic heterocycles. The zero-order valence-electron chi connectivity index (χ0n) is 21.2. The summed E-state index contributed by atoms with van der Waals surface area (Å²) in [5.74, 6) is -0.973. The van der Waals surface area contributed by atoms with E-state index in [2.05, 4.69) is 10.6 Å². The smallest absolute Gasteiger partial charge is 0.409 e. The minimum Gasteiger partial charge on any atom is -0.425 e. The summed E-state index contributed by atoms with van der Waals surface area (Å²) in [6.45, 7) is 2.72. The van der Waals surface area contributed by atoms with E-state index in [1.54, 1.807) is 23.9 Å². The molecule has 11 heteroatoms. The number of benzene rings is 2. The number of carbonyl (C=O) groups excluding carboxylic acids is 3. The highest BCUT2D eigenvalue weighted by Gasteiger charge is 2.37. The molecule has 0 spiro atoms. The van der Waals surface area contributed by atoms with E-state index < -0.39 is 18.1 Å². The van der Waals surface area contributed by atoms with Crippen LogP contribution < -0.4 is 10.6 Å². The molecule has 9 nitrogen and oxygen atoms in total. The van der Waals surface area contributed by atoms with Crippen LogP contribution in [0.15, 0.2) is 48.7 Å². The minimum absolute atomic E-state index is 0.0339. The number of methoxy groups -OCH3 is 1. The van der Waals surface area contributed by atoms with Gasteiger partial charge >= 0.3 is 6.09 Å². The average molecular weight is 545 g/mol. The molecule has 0 radical (unpaired) electrons. The van der Waals surface area contributed by atoms with Crippen molar-refractivity contribution in [2.45, 2.75) is 38.7 Å². The lowest BCUT2D eigenvalue weighted by Gasteiger charge is -2.25. The summed E-state index contributed by atoms with van der Waals surface area (Å²) >= 11 is 5.81. The molecule has 1 aromatic heterocycles. The molecule has 3 aromatic rings. The van der Waals surface area contributed by atoms with Crippen LogP contribution in [0.3, 0.4) is 0 Å². The Balaban J connectivity index is 1.47. The van der Waals surface area contributed by atoms with Crippen LogP contribution in [0.5, 0.6) is 0 Å². The van der Waals surface area contributed by atoms with E-state index in [1.807, 2.05) is 24.3 Å². The van der Waals surface area contributed by atoms with Gasteiger partial charge in [0.25, 0.3) is 0 Å². The number of para-hydroxylation sites is 1. The van der Waals surface area contributed by atoms with Gasteiger partial charge in [-0.3, -0.25) is 9.59 Å². The molecule has 0 unspecified atom stereocenters. The molecule has 1 saturated heterocycles. The molecule has 0 saturated carbocycles. The number of rotatable bonds is 10. The first-order chi connectivity index (χ1) is 18.3. The third-order valence-corrected chi connectivity index (χ3v) is 6.77. The summed E-state index contributed by atoms with van der Waals surface area (Å²) in [6.07, 6.45) is 0.438. The van der Waals surface area contributed by atoms with Crippen LogP contribution in [-0.2, 0) is 27.4 Å². The summed E-state index contributed by atoms with van der Waals surface area (Å²) in [4.78, 5) is 39.7. The standard InChI is InChI=1S/C27H30ClFN4O5/c1-17(34)21-15-32(23-9-4-3-7-20(21)23)16-24(35)33-14-19(30-10-11-37-2)12-25(33)38-27(36)31-13-18-6-5-8-22(28)26(18)29/h3-9,15,19,25,30H,10-14,16H2,1-2H3,(H,31,36)/t19-,25-/m0/s1. The summed E-state index contributed by atoms with van der Waals surface area (Å²) < 4.78 is 26.6. The molecule has 38 heavy (non-hydrogen) atoms. The van der Waals surface area contributed by atoms with E-state index >= 15 is 0 Å². The van der Waals surface area contributed by atoms with Crippen LogP contribution in [0.1, 0.15) is 29.3 Å². The molecule has 2 heterocycles. The lowest BCUT2D eigenvalue weighted by atomic mass is 10.1. The number of halogens is 2. The van der Waals surface area contributed by atoms with Crippen LogP contribution in [0, 0.1) is 5.82 Å². The lowest BCUT2D eigenvalue weighted by Crippen LogP contribution is -2.42. The van der Waals surface area contributed by atoms with Crippen LogP contribution in [0.25, 0.3) is 10.9 Å². The number of hydrogen-bond donors (Lipinski definition) is 2. The molecule has 2 aromatic carbocycles. The van der Waals surface area contributed by atoms with E-state index in [-0.39, 0.29) is 41.4 Å². The molecular weight excluding hydrogens is 515 g/mol. The van der Waals surface area contributed by atoms with E-state index in [4.69, 9.17) is 21.1 Å². The van der Waals surface area contributed by atoms with Crippen molar-refractivity contribution in [1.82, 2.24) is 20.1 Å². The van der Waals surface area contributed by atoms with E-state index in [1.165, 1.54) is 24.0 Å². The topological polar surface area (TPSA) is 102 Å². The Kier molecular flexibility index (Phi) is 8.98. The first kappa shape index (κ1) is 27.6. The van der Waals surface area contributed by atoms with Gasteiger partial charge in [-0.15, -0.1) is 0 Å². The number of nitrogens with one attached hydrogen (secondary N) is 2. The zero-order valence-corrected chi connectivity index (χ0v) is 22.0. The summed E-state index contributed by atoms with van der Waals surface area (Å²) in [5, 5.41) is 6.57. The highest BCUT2D eigenvalue weighted by Crippen LogP contribution is 2.24. The number of ketones is 1. The summed E-state index contributed by atoms with van der Waals surface area (Å²) in [7, 11) is 1.60. The van der Waals surface area contributed by atoms with Gasteiger partial charge < -0.3 is 29.6 Å². The maximum absolute atomic E-state index is 14.2. The van der Waals surface area contributed by atoms with Gasteiger partial charge in [-0.1, -0.05) is 41.9 Å². The molecule has 1 aliphatic rings. The Morgan fingerprint density at radius 3 is 2.71 bits per heavy atom. The number of nitrogens with zero attached hydrogens (tertiary/aromatic N) is 2. The maximum Gasteiger partial charge on any atom is 0.409 e. The SMILES string of the molecule is COCCN[C@H]1C[C@H](OC(=O)NCc2cccc(Cl)c2F)N(C(=O)Cn2cc(C(C)=O)c3ccccc32)C1. The van der Waals surface area contributed by atoms with Crippen molar-refractivity contribution in [3.63, 3.8) is 0 Å². The van der Waals surface area contributed by atoms with Gasteiger partial charge in [0.05, 0.1) is 11.6 Å². The van der Waals surface area contributed by atoms with Crippen molar-refractivity contribution in [2.75, 3.05) is 26.8 Å². The molecule has 1 fully saturated rings. The Bertz CT molecular complexity index is 1330. The number of hydrogen-bond acceptors (Lipinski definition) is 6. The molecule has 4 rings (SSSR count). The van der Waals surface area contributed by atoms with Crippen molar-refractivity contribution in [2.24, 2.45) is 0 Å². The van der Waals surface area contributed by atoms with Gasteiger partial charge in [-0.2, -0.15) is 0 Å². The Morgan fingerprint density at radius 2 is 1.95 bits per heavy atom. The number of aromatic nitrogens is 1. The van der Waals surface area contributed by atoms with Gasteiger partial charge in [-0.25, -0.2) is 9.18 Å². The highest BCUT2D eigenvalue weighted by molar-refractivity contribution is 6.30. The number of carbonyl (C=O) groups is 3. The molecule has 0 bridgehead atoms. The largest absolute Gasteiger partial charge is 0.425 e. The highest BCUT2D eigenvalue weighted by atomic mass is 35.5. The van der Waals surface area contributed by atoms with Crippen molar-refractivity contribution in [1.29, 1.82) is 0 Å². The molecule has 2 amide bonds. The second-order valence-electron chi connectivity index (χ2n) is 9.10. The zero-order chi connectivity index (χ0) is 27.2. The fourth-order valence-corrected chi connectivity index (χ4v) is 4.79. The van der Waals surface area contributed by atoms with Crippen molar-refractivity contribution >= 4 is 40.3 Å². The Morgan fingerprint density at radius 1 is 1.16 bits per heavy atom. The third-order valence-electron chi connectivity index (χ3n) is 6.48. The predicted molar refractivity (Wildman–Crippen MR) is 140 cm³/mol. The lowest BCUT2D eigenvalue weighted by molar-refractivity contribution is -0.138. The first-order valence-corrected chi connectivity index (χ1v) is 12.6. The number of amides is 2. The second kappa shape index (κ2) is 12.4. The van der Waals surface area contributed by atoms with Gasteiger partial charge in [-0.05, 0) is 19.1 Å². The Labute approximate surface area is 224 Å².